The summed E-state index contributed by atoms with van der Waals surface area (Å²) in [6, 6.07) is 21.4. The maximum absolute atomic E-state index is 12.3. The van der Waals surface area contributed by atoms with Crippen molar-refractivity contribution in [2.24, 2.45) is 0 Å². The highest BCUT2D eigenvalue weighted by Gasteiger charge is 2.25. The van der Waals surface area contributed by atoms with E-state index in [1.54, 1.807) is 0 Å². The van der Waals surface area contributed by atoms with E-state index in [2.05, 4.69) is 66.5 Å². The molecule has 1 fully saturated rings. The zero-order valence-corrected chi connectivity index (χ0v) is 17.3. The van der Waals surface area contributed by atoms with Gasteiger partial charge in [0.05, 0.1) is 0 Å². The van der Waals surface area contributed by atoms with Crippen molar-refractivity contribution in [3.05, 3.63) is 72.1 Å². The standard InChI is InChI=1S/C23H28NO2P/c1-23(2,3)26-22(25)24-16-14-19(15-17-24)18-27(20-10-6-4-7-11-20)21-12-8-5-9-13-21/h4-13,18H,14-17H2,1-3H3. The van der Waals surface area contributed by atoms with Gasteiger partial charge in [0.15, 0.2) is 0 Å². The van der Waals surface area contributed by atoms with Gasteiger partial charge in [0.1, 0.15) is 5.60 Å². The molecular weight excluding hydrogens is 353 g/mol. The van der Waals surface area contributed by atoms with Crippen LogP contribution in [0, 0.1) is 0 Å². The van der Waals surface area contributed by atoms with Crippen LogP contribution in [-0.2, 0) is 4.74 Å². The third-order valence-corrected chi connectivity index (χ3v) is 6.77. The van der Waals surface area contributed by atoms with Crippen molar-refractivity contribution in [3.8, 4) is 0 Å². The monoisotopic (exact) mass is 381 g/mol. The molecule has 3 nitrogen and oxygen atoms in total. The van der Waals surface area contributed by atoms with Gasteiger partial charge in [-0.25, -0.2) is 4.79 Å². The fraction of sp³-hybridized carbons (Fsp3) is 0.348. The number of amides is 1. The van der Waals surface area contributed by atoms with Crippen LogP contribution in [0.15, 0.2) is 72.1 Å². The predicted molar refractivity (Wildman–Crippen MR) is 114 cm³/mol. The van der Waals surface area contributed by atoms with Gasteiger partial charge in [0.25, 0.3) is 0 Å². The Bertz CT molecular complexity index is 732. The molecule has 1 saturated heterocycles. The molecule has 142 valence electrons. The van der Waals surface area contributed by atoms with Crippen molar-refractivity contribution in [1.82, 2.24) is 4.90 Å². The first kappa shape index (κ1) is 19.6. The predicted octanol–water partition coefficient (Wildman–Crippen LogP) is 5.03. The van der Waals surface area contributed by atoms with Crippen LogP contribution < -0.4 is 10.6 Å². The van der Waals surface area contributed by atoms with Crippen molar-refractivity contribution in [2.45, 2.75) is 39.2 Å². The van der Waals surface area contributed by atoms with E-state index in [9.17, 15) is 4.79 Å². The highest BCUT2D eigenvalue weighted by atomic mass is 31.1. The van der Waals surface area contributed by atoms with Gasteiger partial charge in [-0.05, 0) is 52.1 Å². The lowest BCUT2D eigenvalue weighted by Gasteiger charge is -2.31. The molecule has 2 aromatic carbocycles. The van der Waals surface area contributed by atoms with E-state index in [1.165, 1.54) is 16.2 Å². The highest BCUT2D eigenvalue weighted by Crippen LogP contribution is 2.38. The smallest absolute Gasteiger partial charge is 0.410 e. The summed E-state index contributed by atoms with van der Waals surface area (Å²) >= 11 is 0. The Morgan fingerprint density at radius 1 is 0.926 bits per heavy atom. The van der Waals surface area contributed by atoms with E-state index in [-0.39, 0.29) is 6.09 Å². The van der Waals surface area contributed by atoms with E-state index in [1.807, 2.05) is 25.7 Å². The maximum Gasteiger partial charge on any atom is 0.410 e. The summed E-state index contributed by atoms with van der Waals surface area (Å²) in [5.41, 5.74) is 0.996. The molecule has 3 rings (SSSR count). The van der Waals surface area contributed by atoms with Gasteiger partial charge in [0.2, 0.25) is 0 Å². The first-order chi connectivity index (χ1) is 12.9. The lowest BCUT2D eigenvalue weighted by molar-refractivity contribution is 0.0236. The molecule has 0 bridgehead atoms. The number of rotatable bonds is 3. The highest BCUT2D eigenvalue weighted by molar-refractivity contribution is 7.75. The lowest BCUT2D eigenvalue weighted by Crippen LogP contribution is -2.40. The van der Waals surface area contributed by atoms with E-state index >= 15 is 0 Å². The van der Waals surface area contributed by atoms with Crippen molar-refractivity contribution in [2.75, 3.05) is 13.1 Å². The fourth-order valence-electron chi connectivity index (χ4n) is 3.09. The third-order valence-electron chi connectivity index (χ3n) is 4.44. The van der Waals surface area contributed by atoms with Crippen LogP contribution in [0.5, 0.6) is 0 Å². The minimum absolute atomic E-state index is 0.199. The van der Waals surface area contributed by atoms with Gasteiger partial charge in [-0.15, -0.1) is 0 Å². The first-order valence-corrected chi connectivity index (χ1v) is 10.9. The number of benzene rings is 2. The van der Waals surface area contributed by atoms with Gasteiger partial charge < -0.3 is 9.64 Å². The van der Waals surface area contributed by atoms with Crippen LogP contribution in [0.25, 0.3) is 0 Å². The number of hydrogen-bond acceptors (Lipinski definition) is 2. The topological polar surface area (TPSA) is 29.5 Å². The first-order valence-electron chi connectivity index (χ1n) is 9.49. The quantitative estimate of drug-likeness (QED) is 0.698. The Hall–Kier alpha value is -2.12. The molecule has 0 spiro atoms. The normalized spacial score (nSPS) is 15.0. The van der Waals surface area contributed by atoms with Gasteiger partial charge >= 0.3 is 6.09 Å². The molecule has 1 aliphatic rings. The average Bonchev–Trinajstić information content (AvgIpc) is 2.66. The Kier molecular flexibility index (Phi) is 6.34. The summed E-state index contributed by atoms with van der Waals surface area (Å²) in [6.45, 7) is 7.19. The summed E-state index contributed by atoms with van der Waals surface area (Å²) in [5.74, 6) is 2.45. The van der Waals surface area contributed by atoms with E-state index in [0.29, 0.717) is 0 Å². The van der Waals surface area contributed by atoms with Crippen LogP contribution in [0.3, 0.4) is 0 Å². The Morgan fingerprint density at radius 2 is 1.41 bits per heavy atom. The summed E-state index contributed by atoms with van der Waals surface area (Å²) in [7, 11) is -0.522. The molecule has 0 unspecified atom stereocenters. The summed E-state index contributed by atoms with van der Waals surface area (Å²) in [4.78, 5) is 14.1. The zero-order chi connectivity index (χ0) is 19.3. The molecule has 2 aromatic rings. The van der Waals surface area contributed by atoms with Crippen molar-refractivity contribution < 1.29 is 9.53 Å². The van der Waals surface area contributed by atoms with Crippen molar-refractivity contribution in [3.63, 3.8) is 0 Å². The number of carbonyl (C=O) groups excluding carboxylic acids is 1. The van der Waals surface area contributed by atoms with Crippen molar-refractivity contribution >= 4 is 24.6 Å². The van der Waals surface area contributed by atoms with Gasteiger partial charge in [-0.2, -0.15) is 0 Å². The van der Waals surface area contributed by atoms with Gasteiger partial charge in [0, 0.05) is 13.1 Å². The van der Waals surface area contributed by atoms with Crippen molar-refractivity contribution in [1.29, 1.82) is 0 Å². The lowest BCUT2D eigenvalue weighted by atomic mass is 10.1. The molecule has 0 atom stereocenters. The molecule has 27 heavy (non-hydrogen) atoms. The Balaban J connectivity index is 1.73. The molecule has 0 radical (unpaired) electrons. The molecule has 1 heterocycles. The Morgan fingerprint density at radius 3 is 1.85 bits per heavy atom. The molecule has 1 aliphatic heterocycles. The summed E-state index contributed by atoms with van der Waals surface area (Å²) < 4.78 is 5.50. The maximum atomic E-state index is 12.3. The molecule has 1 amide bonds. The van der Waals surface area contributed by atoms with Crippen LogP contribution in [0.1, 0.15) is 33.6 Å². The SMILES string of the molecule is CC(C)(C)OC(=O)N1CCC(=CP(c2ccccc2)c2ccccc2)CC1. The second-order valence-electron chi connectivity index (χ2n) is 7.80. The molecule has 0 aromatic heterocycles. The van der Waals surface area contributed by atoms with E-state index < -0.39 is 13.5 Å². The van der Waals surface area contributed by atoms with Crippen LogP contribution in [0.2, 0.25) is 0 Å². The van der Waals surface area contributed by atoms with Crippen LogP contribution in [-0.4, -0.2) is 29.7 Å². The number of carbonyl (C=O) groups is 1. The summed E-state index contributed by atoms with van der Waals surface area (Å²) in [6.07, 6.45) is 1.63. The van der Waals surface area contributed by atoms with E-state index in [0.717, 1.165) is 25.9 Å². The molecule has 0 saturated carbocycles. The number of likely N-dealkylation sites (tertiary alicyclic amines) is 1. The number of hydrogen-bond donors (Lipinski definition) is 0. The zero-order valence-electron chi connectivity index (χ0n) is 16.4. The molecule has 0 aliphatic carbocycles. The van der Waals surface area contributed by atoms with Gasteiger partial charge in [-0.1, -0.05) is 72.1 Å². The minimum atomic E-state index is -0.522. The van der Waals surface area contributed by atoms with Gasteiger partial charge in [-0.3, -0.25) is 0 Å². The minimum Gasteiger partial charge on any atom is -0.444 e. The summed E-state index contributed by atoms with van der Waals surface area (Å²) in [5, 5.41) is 2.72. The molecular formula is C23H28NO2P. The van der Waals surface area contributed by atoms with E-state index in [4.69, 9.17) is 4.74 Å². The van der Waals surface area contributed by atoms with Crippen LogP contribution >= 0.6 is 7.92 Å². The largest absolute Gasteiger partial charge is 0.444 e. The average molecular weight is 381 g/mol. The van der Waals surface area contributed by atoms with Crippen LogP contribution in [0.4, 0.5) is 4.79 Å². The second kappa shape index (κ2) is 8.71. The number of ether oxygens (including phenoxy) is 1. The Labute approximate surface area is 163 Å². The fourth-order valence-corrected chi connectivity index (χ4v) is 5.30. The second-order valence-corrected chi connectivity index (χ2v) is 9.83. The molecule has 0 N–H and O–H groups in total. The third kappa shape index (κ3) is 5.68. The molecule has 4 heteroatoms. The number of piperidine rings is 1. The number of nitrogens with zero attached hydrogens (tertiary/aromatic N) is 1.